The van der Waals surface area contributed by atoms with Gasteiger partial charge in [-0.15, -0.1) is 0 Å². The van der Waals surface area contributed by atoms with Gasteiger partial charge < -0.3 is 9.84 Å². The maximum Gasteiger partial charge on any atom is 0.128 e. The maximum absolute atomic E-state index is 13.2. The summed E-state index contributed by atoms with van der Waals surface area (Å²) >= 11 is 0. The second kappa shape index (κ2) is 4.63. The molecule has 1 aromatic carbocycles. The van der Waals surface area contributed by atoms with Crippen molar-refractivity contribution in [2.24, 2.45) is 0 Å². The fourth-order valence-corrected chi connectivity index (χ4v) is 2.42. The molecule has 19 heavy (non-hydrogen) atoms. The number of aliphatic hydroxyl groups excluding tert-OH is 1. The number of aryl methyl sites for hydroxylation is 1. The molecule has 0 radical (unpaired) electrons. The van der Waals surface area contributed by atoms with Crippen LogP contribution in [0.15, 0.2) is 36.7 Å². The Kier molecular flexibility index (Phi) is 2.95. The third-order valence-corrected chi connectivity index (χ3v) is 3.46. The van der Waals surface area contributed by atoms with Gasteiger partial charge in [0.2, 0.25) is 0 Å². The number of hydrogen-bond acceptors (Lipinski definition) is 3. The van der Waals surface area contributed by atoms with Crippen LogP contribution in [0.3, 0.4) is 0 Å². The van der Waals surface area contributed by atoms with E-state index in [-0.39, 0.29) is 11.9 Å². The van der Waals surface area contributed by atoms with Gasteiger partial charge in [-0.3, -0.25) is 4.98 Å². The van der Waals surface area contributed by atoms with Gasteiger partial charge in [-0.1, -0.05) is 0 Å². The van der Waals surface area contributed by atoms with Crippen LogP contribution in [-0.2, 0) is 0 Å². The first kappa shape index (κ1) is 12.1. The van der Waals surface area contributed by atoms with Crippen LogP contribution in [0.25, 0.3) is 0 Å². The first-order valence-corrected chi connectivity index (χ1v) is 6.20. The third-order valence-electron chi connectivity index (χ3n) is 3.46. The van der Waals surface area contributed by atoms with Crippen molar-refractivity contribution in [3.63, 3.8) is 0 Å². The Labute approximate surface area is 110 Å². The lowest BCUT2D eigenvalue weighted by atomic mass is 9.94. The summed E-state index contributed by atoms with van der Waals surface area (Å²) < 4.78 is 19.0. The molecule has 1 N–H and O–H groups in total. The SMILES string of the molecule is Cc1ccncc1C1C[C@@H](O)c2cc(F)ccc2O1. The van der Waals surface area contributed by atoms with Crippen molar-refractivity contribution in [3.05, 3.63) is 59.2 Å². The van der Waals surface area contributed by atoms with Crippen molar-refractivity contribution in [1.82, 2.24) is 4.98 Å². The van der Waals surface area contributed by atoms with Gasteiger partial charge >= 0.3 is 0 Å². The fourth-order valence-electron chi connectivity index (χ4n) is 2.42. The highest BCUT2D eigenvalue weighted by Gasteiger charge is 2.29. The number of benzene rings is 1. The molecule has 2 atom stereocenters. The van der Waals surface area contributed by atoms with Gasteiger partial charge in [0.05, 0.1) is 6.10 Å². The first-order valence-electron chi connectivity index (χ1n) is 6.20. The number of rotatable bonds is 1. The number of nitrogens with zero attached hydrogens (tertiary/aromatic N) is 1. The molecule has 0 fully saturated rings. The molecule has 0 spiro atoms. The van der Waals surface area contributed by atoms with E-state index in [1.165, 1.54) is 12.1 Å². The molecule has 1 aliphatic rings. The Balaban J connectivity index is 1.97. The van der Waals surface area contributed by atoms with Crippen molar-refractivity contribution in [3.8, 4) is 5.75 Å². The van der Waals surface area contributed by atoms with Crippen molar-refractivity contribution in [2.45, 2.75) is 25.6 Å². The standard InChI is InChI=1S/C15H14FNO2/c1-9-4-5-17-8-12(9)15-7-13(18)11-6-10(16)2-3-14(11)19-15/h2-6,8,13,15,18H,7H2,1H3/t13-,15?/m1/s1. The molecule has 0 saturated carbocycles. The predicted molar refractivity (Wildman–Crippen MR) is 68.3 cm³/mol. The summed E-state index contributed by atoms with van der Waals surface area (Å²) in [4.78, 5) is 4.09. The zero-order chi connectivity index (χ0) is 13.4. The molecule has 0 saturated heterocycles. The van der Waals surface area contributed by atoms with E-state index in [1.807, 2.05) is 13.0 Å². The van der Waals surface area contributed by atoms with Crippen LogP contribution in [0.5, 0.6) is 5.75 Å². The summed E-state index contributed by atoms with van der Waals surface area (Å²) in [7, 11) is 0. The molecule has 0 amide bonds. The number of hydrogen-bond donors (Lipinski definition) is 1. The fraction of sp³-hybridized carbons (Fsp3) is 0.267. The van der Waals surface area contributed by atoms with Gasteiger partial charge in [0.1, 0.15) is 17.7 Å². The largest absolute Gasteiger partial charge is 0.485 e. The molecule has 2 aromatic rings. The number of fused-ring (bicyclic) bond motifs is 1. The van der Waals surface area contributed by atoms with Crippen LogP contribution in [0.4, 0.5) is 4.39 Å². The molecular weight excluding hydrogens is 245 g/mol. The molecule has 1 unspecified atom stereocenters. The van der Waals surface area contributed by atoms with E-state index in [1.54, 1.807) is 18.5 Å². The topological polar surface area (TPSA) is 42.4 Å². The highest BCUT2D eigenvalue weighted by molar-refractivity contribution is 5.39. The maximum atomic E-state index is 13.2. The summed E-state index contributed by atoms with van der Waals surface area (Å²) in [6, 6.07) is 6.13. The third kappa shape index (κ3) is 2.19. The van der Waals surface area contributed by atoms with E-state index < -0.39 is 6.10 Å². The normalized spacial score (nSPS) is 21.6. The summed E-state index contributed by atoms with van der Waals surface area (Å²) in [6.45, 7) is 1.98. The zero-order valence-electron chi connectivity index (χ0n) is 10.5. The lowest BCUT2D eigenvalue weighted by Crippen LogP contribution is -2.20. The Bertz CT molecular complexity index is 615. The Morgan fingerprint density at radius 1 is 1.32 bits per heavy atom. The van der Waals surface area contributed by atoms with Crippen LogP contribution >= 0.6 is 0 Å². The van der Waals surface area contributed by atoms with Crippen molar-refractivity contribution in [2.75, 3.05) is 0 Å². The molecule has 3 nitrogen and oxygen atoms in total. The summed E-state index contributed by atoms with van der Waals surface area (Å²) in [5.74, 6) is 0.172. The van der Waals surface area contributed by atoms with Crippen LogP contribution in [0.2, 0.25) is 0 Å². The number of ether oxygens (including phenoxy) is 1. The van der Waals surface area contributed by atoms with Gasteiger partial charge in [-0.25, -0.2) is 4.39 Å². The van der Waals surface area contributed by atoms with Crippen LogP contribution in [0, 0.1) is 12.7 Å². The van der Waals surface area contributed by atoms with Crippen LogP contribution < -0.4 is 4.74 Å². The van der Waals surface area contributed by atoms with E-state index in [2.05, 4.69) is 4.98 Å². The monoisotopic (exact) mass is 259 g/mol. The smallest absolute Gasteiger partial charge is 0.128 e. The molecule has 4 heteroatoms. The van der Waals surface area contributed by atoms with Gasteiger partial charge in [0.25, 0.3) is 0 Å². The van der Waals surface area contributed by atoms with Crippen LogP contribution in [-0.4, -0.2) is 10.1 Å². The van der Waals surface area contributed by atoms with E-state index in [4.69, 9.17) is 4.74 Å². The molecule has 1 aliphatic heterocycles. The van der Waals surface area contributed by atoms with Gasteiger partial charge in [0, 0.05) is 29.9 Å². The van der Waals surface area contributed by atoms with Crippen molar-refractivity contribution >= 4 is 0 Å². The zero-order valence-corrected chi connectivity index (χ0v) is 10.5. The van der Waals surface area contributed by atoms with E-state index in [9.17, 15) is 9.50 Å². The summed E-state index contributed by atoms with van der Waals surface area (Å²) in [6.07, 6.45) is 2.91. The van der Waals surface area contributed by atoms with E-state index in [0.717, 1.165) is 11.1 Å². The Hall–Kier alpha value is -1.94. The second-order valence-corrected chi connectivity index (χ2v) is 4.77. The van der Waals surface area contributed by atoms with E-state index in [0.29, 0.717) is 17.7 Å². The molecule has 98 valence electrons. The second-order valence-electron chi connectivity index (χ2n) is 4.77. The minimum atomic E-state index is -0.718. The molecule has 3 rings (SSSR count). The number of halogens is 1. The lowest BCUT2D eigenvalue weighted by molar-refractivity contribution is 0.0649. The van der Waals surface area contributed by atoms with Crippen molar-refractivity contribution in [1.29, 1.82) is 0 Å². The first-order chi connectivity index (χ1) is 9.15. The highest BCUT2D eigenvalue weighted by Crippen LogP contribution is 2.41. The Morgan fingerprint density at radius 3 is 2.95 bits per heavy atom. The highest BCUT2D eigenvalue weighted by atomic mass is 19.1. The number of aromatic nitrogens is 1. The number of aliphatic hydroxyl groups is 1. The van der Waals surface area contributed by atoms with E-state index >= 15 is 0 Å². The minimum absolute atomic E-state index is 0.248. The quantitative estimate of drug-likeness (QED) is 0.855. The minimum Gasteiger partial charge on any atom is -0.485 e. The Morgan fingerprint density at radius 2 is 2.16 bits per heavy atom. The molecule has 0 aliphatic carbocycles. The summed E-state index contributed by atoms with van der Waals surface area (Å²) in [5.41, 5.74) is 2.53. The summed E-state index contributed by atoms with van der Waals surface area (Å²) in [5, 5.41) is 10.1. The van der Waals surface area contributed by atoms with Crippen molar-refractivity contribution < 1.29 is 14.2 Å². The average molecular weight is 259 g/mol. The van der Waals surface area contributed by atoms with Gasteiger partial charge in [-0.05, 0) is 36.8 Å². The predicted octanol–water partition coefficient (Wildman–Crippen LogP) is 3.09. The molecule has 0 bridgehead atoms. The van der Waals surface area contributed by atoms with Gasteiger partial charge in [0.15, 0.2) is 0 Å². The molecular formula is C15H14FNO2. The molecule has 1 aromatic heterocycles. The lowest BCUT2D eigenvalue weighted by Gasteiger charge is -2.30. The van der Waals surface area contributed by atoms with Crippen LogP contribution in [0.1, 0.15) is 35.3 Å². The molecule has 2 heterocycles. The number of pyridine rings is 1. The van der Waals surface area contributed by atoms with Gasteiger partial charge in [-0.2, -0.15) is 0 Å². The average Bonchev–Trinajstić information content (AvgIpc) is 2.40.